The smallest absolute Gasteiger partial charge is 0.214 e. The maximum absolute atomic E-state index is 11.8. The first-order valence-corrected chi connectivity index (χ1v) is 10.0. The van der Waals surface area contributed by atoms with Gasteiger partial charge in [-0.05, 0) is 24.8 Å². The normalized spacial score (nSPS) is 18.4. The molecular formula is C17H29IN4O2S. The third kappa shape index (κ3) is 6.74. The average Bonchev–Trinajstić information content (AvgIpc) is 2.89. The van der Waals surface area contributed by atoms with Crippen molar-refractivity contribution in [1.29, 1.82) is 0 Å². The molecule has 0 amide bonds. The van der Waals surface area contributed by atoms with Gasteiger partial charge in [0, 0.05) is 33.2 Å². The zero-order valence-electron chi connectivity index (χ0n) is 15.2. The van der Waals surface area contributed by atoms with Crippen LogP contribution in [0.5, 0.6) is 0 Å². The molecule has 0 aromatic heterocycles. The Kier molecular flexibility index (Phi) is 9.15. The van der Waals surface area contributed by atoms with E-state index in [1.807, 2.05) is 0 Å². The van der Waals surface area contributed by atoms with Crippen molar-refractivity contribution in [2.45, 2.75) is 26.2 Å². The maximum Gasteiger partial charge on any atom is 0.214 e. The number of halogens is 1. The van der Waals surface area contributed by atoms with Gasteiger partial charge in [0.2, 0.25) is 10.0 Å². The van der Waals surface area contributed by atoms with Crippen LogP contribution >= 0.6 is 24.0 Å². The molecule has 1 atom stereocenters. The molecule has 1 aromatic rings. The molecular weight excluding hydrogens is 451 g/mol. The van der Waals surface area contributed by atoms with Crippen LogP contribution in [0.2, 0.25) is 0 Å². The van der Waals surface area contributed by atoms with Crippen LogP contribution in [-0.4, -0.2) is 57.7 Å². The van der Waals surface area contributed by atoms with E-state index in [1.54, 1.807) is 11.4 Å². The Morgan fingerprint density at radius 3 is 2.72 bits per heavy atom. The topological polar surface area (TPSA) is 73.8 Å². The molecule has 142 valence electrons. The number of aryl methyl sites for hydroxylation is 1. The third-order valence-corrected chi connectivity index (χ3v) is 6.22. The summed E-state index contributed by atoms with van der Waals surface area (Å²) in [6.07, 6.45) is 0.726. The molecule has 1 heterocycles. The Morgan fingerprint density at radius 1 is 1.36 bits per heavy atom. The first-order valence-electron chi connectivity index (χ1n) is 8.41. The van der Waals surface area contributed by atoms with Crippen molar-refractivity contribution in [3.63, 3.8) is 0 Å². The average molecular weight is 480 g/mol. The molecule has 1 fully saturated rings. The third-order valence-electron chi connectivity index (χ3n) is 4.27. The molecule has 6 nitrogen and oxygen atoms in total. The van der Waals surface area contributed by atoms with E-state index in [0.29, 0.717) is 31.5 Å². The monoisotopic (exact) mass is 480 g/mol. The predicted molar refractivity (Wildman–Crippen MR) is 114 cm³/mol. The van der Waals surface area contributed by atoms with E-state index in [9.17, 15) is 8.42 Å². The molecule has 2 N–H and O–H groups in total. The van der Waals surface area contributed by atoms with E-state index in [-0.39, 0.29) is 29.7 Å². The highest BCUT2D eigenvalue weighted by atomic mass is 127. The molecule has 0 radical (unpaired) electrons. The van der Waals surface area contributed by atoms with Gasteiger partial charge in [0.1, 0.15) is 0 Å². The largest absolute Gasteiger partial charge is 0.356 e. The van der Waals surface area contributed by atoms with Crippen LogP contribution in [-0.2, 0) is 10.0 Å². The number of nitrogens with one attached hydrogen (secondary N) is 2. The van der Waals surface area contributed by atoms with Crippen LogP contribution in [0, 0.1) is 6.92 Å². The van der Waals surface area contributed by atoms with Crippen molar-refractivity contribution in [2.24, 2.45) is 4.99 Å². The van der Waals surface area contributed by atoms with Gasteiger partial charge in [-0.3, -0.25) is 4.99 Å². The summed E-state index contributed by atoms with van der Waals surface area (Å²) in [5.74, 6) is 1.34. The second kappa shape index (κ2) is 10.3. The number of nitrogens with zero attached hydrogens (tertiary/aromatic N) is 2. The van der Waals surface area contributed by atoms with E-state index in [0.717, 1.165) is 13.0 Å². The van der Waals surface area contributed by atoms with Crippen LogP contribution in [0.15, 0.2) is 29.3 Å². The van der Waals surface area contributed by atoms with Crippen molar-refractivity contribution < 1.29 is 8.42 Å². The van der Waals surface area contributed by atoms with Gasteiger partial charge in [-0.2, -0.15) is 0 Å². The Hall–Kier alpha value is -0.870. The number of rotatable bonds is 6. The Labute approximate surface area is 168 Å². The molecule has 2 rings (SSSR count). The van der Waals surface area contributed by atoms with E-state index in [1.165, 1.54) is 11.1 Å². The molecule has 8 heteroatoms. The van der Waals surface area contributed by atoms with Crippen molar-refractivity contribution in [3.8, 4) is 0 Å². The molecule has 0 spiro atoms. The van der Waals surface area contributed by atoms with Gasteiger partial charge in [-0.1, -0.05) is 36.8 Å². The van der Waals surface area contributed by atoms with E-state index in [2.05, 4.69) is 53.7 Å². The summed E-state index contributed by atoms with van der Waals surface area (Å²) >= 11 is 0. The van der Waals surface area contributed by atoms with Gasteiger partial charge in [0.05, 0.1) is 5.75 Å². The molecule has 0 aliphatic carbocycles. The fourth-order valence-corrected chi connectivity index (χ4v) is 4.34. The van der Waals surface area contributed by atoms with Gasteiger partial charge >= 0.3 is 0 Å². The molecule has 1 aliphatic heterocycles. The number of hydrogen-bond donors (Lipinski definition) is 2. The van der Waals surface area contributed by atoms with Crippen LogP contribution < -0.4 is 10.6 Å². The minimum Gasteiger partial charge on any atom is -0.356 e. The summed E-state index contributed by atoms with van der Waals surface area (Å²) in [7, 11) is -1.30. The number of hydrogen-bond acceptors (Lipinski definition) is 3. The van der Waals surface area contributed by atoms with Crippen molar-refractivity contribution in [3.05, 3.63) is 35.4 Å². The second-order valence-corrected chi connectivity index (χ2v) is 8.35. The predicted octanol–water partition coefficient (Wildman–Crippen LogP) is 1.92. The lowest BCUT2D eigenvalue weighted by molar-refractivity contribution is 0.445. The highest BCUT2D eigenvalue weighted by molar-refractivity contribution is 14.0. The first kappa shape index (κ1) is 22.2. The summed E-state index contributed by atoms with van der Waals surface area (Å²) in [6.45, 7) is 6.70. The zero-order chi connectivity index (χ0) is 17.6. The minimum atomic E-state index is -3.02. The zero-order valence-corrected chi connectivity index (χ0v) is 18.3. The SMILES string of the molecule is CN=C(NCCN1CCCS1(=O)=O)NCC(C)c1cccc(C)c1.I. The molecule has 1 aromatic carbocycles. The van der Waals surface area contributed by atoms with Crippen LogP contribution in [0.25, 0.3) is 0 Å². The Balaban J connectivity index is 0.00000312. The summed E-state index contributed by atoms with van der Waals surface area (Å²) in [5, 5.41) is 6.49. The second-order valence-electron chi connectivity index (χ2n) is 6.26. The summed E-state index contributed by atoms with van der Waals surface area (Å²) in [6, 6.07) is 8.50. The summed E-state index contributed by atoms with van der Waals surface area (Å²) in [4.78, 5) is 4.20. The van der Waals surface area contributed by atoms with Gasteiger partial charge < -0.3 is 10.6 Å². The lowest BCUT2D eigenvalue weighted by atomic mass is 9.99. The molecule has 1 aliphatic rings. The number of sulfonamides is 1. The van der Waals surface area contributed by atoms with Crippen molar-refractivity contribution in [1.82, 2.24) is 14.9 Å². The quantitative estimate of drug-likeness (QED) is 0.371. The highest BCUT2D eigenvalue weighted by Gasteiger charge is 2.27. The summed E-state index contributed by atoms with van der Waals surface area (Å²) in [5.41, 5.74) is 2.55. The van der Waals surface area contributed by atoms with Gasteiger partial charge in [0.15, 0.2) is 5.96 Å². The van der Waals surface area contributed by atoms with Crippen LogP contribution in [0.4, 0.5) is 0 Å². The van der Waals surface area contributed by atoms with Crippen LogP contribution in [0.3, 0.4) is 0 Å². The van der Waals surface area contributed by atoms with Crippen LogP contribution in [0.1, 0.15) is 30.4 Å². The lowest BCUT2D eigenvalue weighted by Gasteiger charge is -2.18. The Bertz CT molecular complexity index is 679. The van der Waals surface area contributed by atoms with Gasteiger partial charge in [-0.15, -0.1) is 24.0 Å². The fourth-order valence-electron chi connectivity index (χ4n) is 2.81. The first-order chi connectivity index (χ1) is 11.4. The molecule has 25 heavy (non-hydrogen) atoms. The Morgan fingerprint density at radius 2 is 2.12 bits per heavy atom. The van der Waals surface area contributed by atoms with E-state index < -0.39 is 10.0 Å². The molecule has 0 saturated carbocycles. The van der Waals surface area contributed by atoms with Crippen molar-refractivity contribution in [2.75, 3.05) is 39.0 Å². The minimum absolute atomic E-state index is 0. The lowest BCUT2D eigenvalue weighted by Crippen LogP contribution is -2.42. The van der Waals surface area contributed by atoms with E-state index in [4.69, 9.17) is 0 Å². The molecule has 1 unspecified atom stereocenters. The highest BCUT2D eigenvalue weighted by Crippen LogP contribution is 2.15. The fraction of sp³-hybridized carbons (Fsp3) is 0.588. The summed E-state index contributed by atoms with van der Waals surface area (Å²) < 4.78 is 25.1. The van der Waals surface area contributed by atoms with Crippen molar-refractivity contribution >= 4 is 40.0 Å². The molecule has 1 saturated heterocycles. The van der Waals surface area contributed by atoms with Gasteiger partial charge in [-0.25, -0.2) is 12.7 Å². The maximum atomic E-state index is 11.8. The standard InChI is InChI=1S/C17H28N4O2S.HI/c1-14-6-4-7-16(12-14)15(2)13-20-17(18-3)19-8-10-21-9-5-11-24(21,22)23;/h4,6-7,12,15H,5,8-11,13H2,1-3H3,(H2,18,19,20);1H. The van der Waals surface area contributed by atoms with E-state index >= 15 is 0 Å². The number of guanidine groups is 1. The molecule has 0 bridgehead atoms. The number of benzene rings is 1. The van der Waals surface area contributed by atoms with Gasteiger partial charge in [0.25, 0.3) is 0 Å². The number of aliphatic imine (C=N–C) groups is 1.